The van der Waals surface area contributed by atoms with Crippen LogP contribution in [-0.4, -0.2) is 9.97 Å². The minimum absolute atomic E-state index is 0.469. The Morgan fingerprint density at radius 2 is 2.00 bits per heavy atom. The molecule has 1 N–H and O–H groups in total. The summed E-state index contributed by atoms with van der Waals surface area (Å²) in [7, 11) is 0. The number of aromatic amines is 1. The highest BCUT2D eigenvalue weighted by Crippen LogP contribution is 2.29. The topological polar surface area (TPSA) is 52.5 Å². The van der Waals surface area contributed by atoms with E-state index in [-0.39, 0.29) is 0 Å². The van der Waals surface area contributed by atoms with Gasteiger partial charge in [0.25, 0.3) is 0 Å². The maximum Gasteiger partial charge on any atom is 0.0767 e. The molecule has 88 valence electrons. The van der Waals surface area contributed by atoms with Crippen molar-refractivity contribution in [2.75, 3.05) is 0 Å². The van der Waals surface area contributed by atoms with Crippen molar-refractivity contribution in [2.45, 2.75) is 19.3 Å². The van der Waals surface area contributed by atoms with Crippen molar-refractivity contribution in [2.24, 2.45) is 0 Å². The summed E-state index contributed by atoms with van der Waals surface area (Å²) in [6.07, 6.45) is 3.64. The lowest BCUT2D eigenvalue weighted by Crippen LogP contribution is -2.13. The Morgan fingerprint density at radius 3 is 2.78 bits per heavy atom. The Hall–Kier alpha value is -2.34. The molecule has 0 saturated heterocycles. The number of fused-ring (bicyclic) bond motifs is 3. The molecule has 2 heterocycles. The second-order valence-electron chi connectivity index (χ2n) is 5.04. The Balaban J connectivity index is 2.32. The number of aromatic nitrogens is 2. The minimum atomic E-state index is -0.469. The third-order valence-electron chi connectivity index (χ3n) is 3.40. The number of rotatable bonds is 1. The van der Waals surface area contributed by atoms with Gasteiger partial charge >= 0.3 is 0 Å². The molecule has 2 aromatic heterocycles. The lowest BCUT2D eigenvalue weighted by molar-refractivity contribution is 0.688. The summed E-state index contributed by atoms with van der Waals surface area (Å²) in [6, 6.07) is 10.4. The summed E-state index contributed by atoms with van der Waals surface area (Å²) in [4.78, 5) is 7.52. The van der Waals surface area contributed by atoms with E-state index in [1.54, 1.807) is 6.20 Å². The predicted molar refractivity (Wildman–Crippen MR) is 72.2 cm³/mol. The number of nitrogens with one attached hydrogen (secondary N) is 1. The average Bonchev–Trinajstić information content (AvgIpc) is 2.76. The van der Waals surface area contributed by atoms with Crippen LogP contribution in [-0.2, 0) is 5.41 Å². The molecule has 3 aromatic rings. The van der Waals surface area contributed by atoms with Crippen LogP contribution in [0.2, 0.25) is 0 Å². The van der Waals surface area contributed by atoms with Gasteiger partial charge in [-0.1, -0.05) is 12.1 Å². The number of pyridine rings is 1. The second-order valence-corrected chi connectivity index (χ2v) is 5.04. The Labute approximate surface area is 105 Å². The fraction of sp³-hybridized carbons (Fsp3) is 0.200. The summed E-state index contributed by atoms with van der Waals surface area (Å²) in [6.45, 7) is 3.86. The first-order valence-electron chi connectivity index (χ1n) is 5.89. The van der Waals surface area contributed by atoms with E-state index in [0.29, 0.717) is 0 Å². The molecule has 1 aromatic carbocycles. The van der Waals surface area contributed by atoms with Crippen LogP contribution >= 0.6 is 0 Å². The van der Waals surface area contributed by atoms with Gasteiger partial charge in [0.2, 0.25) is 0 Å². The van der Waals surface area contributed by atoms with Crippen molar-refractivity contribution in [3.8, 4) is 6.07 Å². The summed E-state index contributed by atoms with van der Waals surface area (Å²) in [5.74, 6) is 0. The largest absolute Gasteiger partial charge is 0.354 e. The molecule has 3 heteroatoms. The first-order valence-corrected chi connectivity index (χ1v) is 5.89. The monoisotopic (exact) mass is 235 g/mol. The number of H-pyrrole nitrogens is 1. The van der Waals surface area contributed by atoms with Gasteiger partial charge in [-0.3, -0.25) is 4.98 Å². The molecule has 0 aliphatic carbocycles. The summed E-state index contributed by atoms with van der Waals surface area (Å²) < 4.78 is 0. The van der Waals surface area contributed by atoms with Crippen LogP contribution in [0.15, 0.2) is 36.7 Å². The quantitative estimate of drug-likeness (QED) is 0.701. The Morgan fingerprint density at radius 1 is 1.17 bits per heavy atom. The minimum Gasteiger partial charge on any atom is -0.354 e. The van der Waals surface area contributed by atoms with E-state index >= 15 is 0 Å². The summed E-state index contributed by atoms with van der Waals surface area (Å²) in [5.41, 5.74) is 2.69. The zero-order valence-electron chi connectivity index (χ0n) is 10.4. The first kappa shape index (κ1) is 10.8. The lowest BCUT2D eigenvalue weighted by Gasteiger charge is -2.15. The molecule has 3 rings (SSSR count). The van der Waals surface area contributed by atoms with Gasteiger partial charge in [-0.15, -0.1) is 0 Å². The zero-order chi connectivity index (χ0) is 12.8. The van der Waals surface area contributed by atoms with Crippen LogP contribution in [0.1, 0.15) is 19.4 Å². The third kappa shape index (κ3) is 1.46. The highest BCUT2D eigenvalue weighted by atomic mass is 14.7. The Kier molecular flexibility index (Phi) is 2.14. The van der Waals surface area contributed by atoms with Crippen LogP contribution in [0.3, 0.4) is 0 Å². The van der Waals surface area contributed by atoms with Crippen LogP contribution in [0, 0.1) is 11.3 Å². The average molecular weight is 235 g/mol. The molecular formula is C15H13N3. The van der Waals surface area contributed by atoms with E-state index in [4.69, 9.17) is 0 Å². The molecule has 0 radical (unpaired) electrons. The maximum atomic E-state index is 9.19. The van der Waals surface area contributed by atoms with Gasteiger partial charge in [0.05, 0.1) is 11.5 Å². The normalized spacial score (nSPS) is 11.8. The highest BCUT2D eigenvalue weighted by Gasteiger charge is 2.20. The van der Waals surface area contributed by atoms with Crippen LogP contribution in [0.4, 0.5) is 0 Å². The molecule has 0 aliphatic heterocycles. The molecule has 0 aliphatic rings. The molecule has 0 fully saturated rings. The van der Waals surface area contributed by atoms with Gasteiger partial charge < -0.3 is 4.98 Å². The van der Waals surface area contributed by atoms with Crippen LogP contribution in [0.5, 0.6) is 0 Å². The van der Waals surface area contributed by atoms with Crippen molar-refractivity contribution < 1.29 is 0 Å². The van der Waals surface area contributed by atoms with E-state index in [9.17, 15) is 5.26 Å². The van der Waals surface area contributed by atoms with E-state index < -0.39 is 5.41 Å². The van der Waals surface area contributed by atoms with Gasteiger partial charge in [-0.05, 0) is 31.5 Å². The molecule has 0 amide bonds. The van der Waals surface area contributed by atoms with Gasteiger partial charge in [0.15, 0.2) is 0 Å². The standard InChI is InChI=1S/C15H13N3/c1-15(2,9-16)10-3-4-11-12-8-17-6-5-13(12)18-14(11)7-10/h3-8,18H,1-2H3. The van der Waals surface area contributed by atoms with Crippen molar-refractivity contribution >= 4 is 21.8 Å². The van der Waals surface area contributed by atoms with Crippen molar-refractivity contribution in [3.63, 3.8) is 0 Å². The van der Waals surface area contributed by atoms with Crippen molar-refractivity contribution in [3.05, 3.63) is 42.2 Å². The molecule has 0 atom stereocenters. The molecule has 0 saturated carbocycles. The van der Waals surface area contributed by atoms with Gasteiger partial charge in [0.1, 0.15) is 0 Å². The maximum absolute atomic E-state index is 9.19. The number of nitriles is 1. The fourth-order valence-electron chi connectivity index (χ4n) is 2.20. The number of hydrogen-bond acceptors (Lipinski definition) is 2. The van der Waals surface area contributed by atoms with Crippen LogP contribution < -0.4 is 0 Å². The van der Waals surface area contributed by atoms with Crippen molar-refractivity contribution in [1.29, 1.82) is 5.26 Å². The molecule has 0 unspecified atom stereocenters. The van der Waals surface area contributed by atoms with Crippen molar-refractivity contribution in [1.82, 2.24) is 9.97 Å². The van der Waals surface area contributed by atoms with Gasteiger partial charge in [-0.25, -0.2) is 0 Å². The second kappa shape index (κ2) is 3.58. The molecule has 18 heavy (non-hydrogen) atoms. The molecule has 3 nitrogen and oxygen atoms in total. The number of benzene rings is 1. The first-order chi connectivity index (χ1) is 8.62. The smallest absolute Gasteiger partial charge is 0.0767 e. The third-order valence-corrected chi connectivity index (χ3v) is 3.40. The highest BCUT2D eigenvalue weighted by molar-refractivity contribution is 6.06. The number of nitrogens with zero attached hydrogens (tertiary/aromatic N) is 2. The molecular weight excluding hydrogens is 222 g/mol. The summed E-state index contributed by atoms with van der Waals surface area (Å²) >= 11 is 0. The molecule has 0 spiro atoms. The zero-order valence-corrected chi connectivity index (χ0v) is 10.4. The SMILES string of the molecule is CC(C)(C#N)c1ccc2c(c1)[nH]c1ccncc12. The van der Waals surface area contributed by atoms with Gasteiger partial charge in [-0.2, -0.15) is 5.26 Å². The van der Waals surface area contributed by atoms with E-state index in [2.05, 4.69) is 28.2 Å². The van der Waals surface area contributed by atoms with Crippen LogP contribution in [0.25, 0.3) is 21.8 Å². The lowest BCUT2D eigenvalue weighted by atomic mass is 9.86. The number of hydrogen-bond donors (Lipinski definition) is 1. The van der Waals surface area contributed by atoms with E-state index in [0.717, 1.165) is 27.4 Å². The van der Waals surface area contributed by atoms with Gasteiger partial charge in [0, 0.05) is 34.2 Å². The van der Waals surface area contributed by atoms with E-state index in [1.165, 1.54) is 0 Å². The summed E-state index contributed by atoms with van der Waals surface area (Å²) in [5, 5.41) is 11.5. The Bertz CT molecular complexity index is 775. The van der Waals surface area contributed by atoms with E-state index in [1.807, 2.05) is 32.2 Å². The fourth-order valence-corrected chi connectivity index (χ4v) is 2.20. The predicted octanol–water partition coefficient (Wildman–Crippen LogP) is 3.52. The molecule has 0 bridgehead atoms.